The van der Waals surface area contributed by atoms with Gasteiger partial charge in [-0.05, 0) is 18.6 Å². The molecule has 0 fully saturated rings. The van der Waals surface area contributed by atoms with E-state index in [4.69, 9.17) is 0 Å². The lowest BCUT2D eigenvalue weighted by Crippen LogP contribution is -2.32. The van der Waals surface area contributed by atoms with Gasteiger partial charge in [0.05, 0.1) is 23.8 Å². The van der Waals surface area contributed by atoms with E-state index < -0.39 is 0 Å². The van der Waals surface area contributed by atoms with Crippen molar-refractivity contribution in [2.75, 3.05) is 0 Å². The van der Waals surface area contributed by atoms with Crippen LogP contribution in [0, 0.1) is 0 Å². The lowest BCUT2D eigenvalue weighted by Gasteiger charge is -2.09. The Bertz CT molecular complexity index is 900. The average Bonchev–Trinajstić information content (AvgIpc) is 3.04. The molecule has 0 radical (unpaired) electrons. The van der Waals surface area contributed by atoms with Crippen LogP contribution < -0.4 is 10.9 Å². The Morgan fingerprint density at radius 2 is 2.09 bits per heavy atom. The number of carbonyl (C=O) groups is 1. The quantitative estimate of drug-likeness (QED) is 0.774. The van der Waals surface area contributed by atoms with Gasteiger partial charge in [-0.3, -0.25) is 14.2 Å². The number of nitrogens with zero attached hydrogens (tertiary/aromatic N) is 3. The lowest BCUT2D eigenvalue weighted by molar-refractivity contribution is -0.121. The summed E-state index contributed by atoms with van der Waals surface area (Å²) in [4.78, 5) is 33.7. The third kappa shape index (κ3) is 3.45. The zero-order chi connectivity index (χ0) is 16.2. The summed E-state index contributed by atoms with van der Waals surface area (Å²) in [6.45, 7) is 2.41. The van der Waals surface area contributed by atoms with Crippen molar-refractivity contribution in [1.82, 2.24) is 19.9 Å². The number of amides is 1. The first-order valence-corrected chi connectivity index (χ1v) is 8.14. The number of fused-ring (bicyclic) bond motifs is 1. The van der Waals surface area contributed by atoms with Crippen LogP contribution in [0.4, 0.5) is 0 Å². The molecule has 0 saturated heterocycles. The Hall–Kier alpha value is -2.54. The van der Waals surface area contributed by atoms with E-state index in [-0.39, 0.29) is 18.0 Å². The van der Waals surface area contributed by atoms with Crippen molar-refractivity contribution in [3.8, 4) is 0 Å². The van der Waals surface area contributed by atoms with Crippen LogP contribution in [0.5, 0.6) is 0 Å². The zero-order valence-corrected chi connectivity index (χ0v) is 13.5. The first-order chi connectivity index (χ1) is 11.2. The predicted octanol–water partition coefficient (Wildman–Crippen LogP) is 1.73. The summed E-state index contributed by atoms with van der Waals surface area (Å²) in [5.74, 6) is -0.225. The van der Waals surface area contributed by atoms with Crippen molar-refractivity contribution in [3.63, 3.8) is 0 Å². The predicted molar refractivity (Wildman–Crippen MR) is 89.3 cm³/mol. The normalized spacial score (nSPS) is 10.8. The molecule has 0 saturated carbocycles. The highest BCUT2D eigenvalue weighted by molar-refractivity contribution is 7.11. The molecule has 0 atom stereocenters. The number of rotatable bonds is 5. The van der Waals surface area contributed by atoms with Crippen molar-refractivity contribution >= 4 is 28.3 Å². The minimum absolute atomic E-state index is 0.0339. The topological polar surface area (TPSA) is 76.9 Å². The van der Waals surface area contributed by atoms with Crippen molar-refractivity contribution in [1.29, 1.82) is 0 Å². The second kappa shape index (κ2) is 6.70. The minimum Gasteiger partial charge on any atom is -0.348 e. The summed E-state index contributed by atoms with van der Waals surface area (Å²) in [6.07, 6.45) is 4.00. The summed E-state index contributed by atoms with van der Waals surface area (Å²) >= 11 is 1.58. The molecular weight excluding hydrogens is 312 g/mol. The molecule has 2 aromatic heterocycles. The Morgan fingerprint density at radius 1 is 1.26 bits per heavy atom. The molecule has 0 bridgehead atoms. The third-order valence-electron chi connectivity index (χ3n) is 3.44. The number of hydrogen-bond donors (Lipinski definition) is 1. The van der Waals surface area contributed by atoms with Crippen molar-refractivity contribution in [2.45, 2.75) is 26.4 Å². The van der Waals surface area contributed by atoms with Gasteiger partial charge in [-0.25, -0.2) is 9.97 Å². The van der Waals surface area contributed by atoms with E-state index in [0.717, 1.165) is 11.4 Å². The van der Waals surface area contributed by atoms with Crippen LogP contribution in [0.25, 0.3) is 11.0 Å². The van der Waals surface area contributed by atoms with Crippen molar-refractivity contribution < 1.29 is 4.79 Å². The van der Waals surface area contributed by atoms with Crippen LogP contribution in [0.3, 0.4) is 0 Å². The molecule has 0 unspecified atom stereocenters. The van der Waals surface area contributed by atoms with Gasteiger partial charge in [0.1, 0.15) is 11.6 Å². The standard InChI is InChI=1S/C16H16N4O2S/c1-2-11-7-19-15(23-11)8-18-14(21)10-20-13-6-4-3-5-12(13)17-9-16(20)22/h3-7,9H,2,8,10H2,1H3,(H,18,21). The van der Waals surface area contributed by atoms with E-state index in [9.17, 15) is 9.59 Å². The van der Waals surface area contributed by atoms with Gasteiger partial charge >= 0.3 is 0 Å². The monoisotopic (exact) mass is 328 g/mol. The summed E-state index contributed by atoms with van der Waals surface area (Å²) in [5, 5.41) is 3.67. The highest BCUT2D eigenvalue weighted by Gasteiger charge is 2.09. The Morgan fingerprint density at radius 3 is 2.87 bits per heavy atom. The fourth-order valence-electron chi connectivity index (χ4n) is 2.24. The molecule has 1 aromatic carbocycles. The maximum absolute atomic E-state index is 12.1. The molecular formula is C16H16N4O2S. The summed E-state index contributed by atoms with van der Waals surface area (Å²) < 4.78 is 1.43. The number of benzene rings is 1. The first-order valence-electron chi connectivity index (χ1n) is 7.32. The van der Waals surface area contributed by atoms with Gasteiger partial charge in [0, 0.05) is 11.1 Å². The lowest BCUT2D eigenvalue weighted by atomic mass is 10.3. The van der Waals surface area contributed by atoms with Crippen LogP contribution in [0.2, 0.25) is 0 Å². The van der Waals surface area contributed by atoms with E-state index in [1.807, 2.05) is 24.4 Å². The number of nitrogens with one attached hydrogen (secondary N) is 1. The molecule has 118 valence electrons. The largest absolute Gasteiger partial charge is 0.348 e. The second-order valence-electron chi connectivity index (χ2n) is 5.02. The van der Waals surface area contributed by atoms with Gasteiger partial charge in [-0.15, -0.1) is 11.3 Å². The maximum atomic E-state index is 12.1. The molecule has 6 nitrogen and oxygen atoms in total. The van der Waals surface area contributed by atoms with Gasteiger partial charge in [0.2, 0.25) is 5.91 Å². The van der Waals surface area contributed by atoms with E-state index in [1.54, 1.807) is 17.4 Å². The van der Waals surface area contributed by atoms with Crippen LogP contribution in [0.15, 0.2) is 41.5 Å². The van der Waals surface area contributed by atoms with Crippen molar-refractivity contribution in [2.24, 2.45) is 0 Å². The van der Waals surface area contributed by atoms with Gasteiger partial charge in [0.25, 0.3) is 5.56 Å². The third-order valence-corrected chi connectivity index (χ3v) is 4.58. The molecule has 0 aliphatic heterocycles. The number of aromatic nitrogens is 3. The van der Waals surface area contributed by atoms with Gasteiger partial charge in [-0.2, -0.15) is 0 Å². The van der Waals surface area contributed by atoms with E-state index in [0.29, 0.717) is 17.6 Å². The number of aryl methyl sites for hydroxylation is 1. The molecule has 2 heterocycles. The molecule has 0 aliphatic rings. The van der Waals surface area contributed by atoms with E-state index in [2.05, 4.69) is 22.2 Å². The van der Waals surface area contributed by atoms with Crippen LogP contribution in [-0.4, -0.2) is 20.4 Å². The summed E-state index contributed by atoms with van der Waals surface area (Å²) in [5.41, 5.74) is 1.05. The van der Waals surface area contributed by atoms with Crippen LogP contribution in [-0.2, 0) is 24.3 Å². The SMILES string of the molecule is CCc1cnc(CNC(=O)Cn2c(=O)cnc3ccccc32)s1. The molecule has 0 spiro atoms. The van der Waals surface area contributed by atoms with Gasteiger partial charge < -0.3 is 5.32 Å². The number of carbonyl (C=O) groups excluding carboxylic acids is 1. The Balaban J connectivity index is 1.73. The molecule has 3 aromatic rings. The Kier molecular flexibility index (Phi) is 4.47. The van der Waals surface area contributed by atoms with E-state index in [1.165, 1.54) is 15.6 Å². The highest BCUT2D eigenvalue weighted by Crippen LogP contribution is 2.13. The highest BCUT2D eigenvalue weighted by atomic mass is 32.1. The first kappa shape index (κ1) is 15.4. The van der Waals surface area contributed by atoms with Gasteiger partial charge in [0.15, 0.2) is 0 Å². The fourth-order valence-corrected chi connectivity index (χ4v) is 3.05. The van der Waals surface area contributed by atoms with Gasteiger partial charge in [-0.1, -0.05) is 19.1 Å². The second-order valence-corrected chi connectivity index (χ2v) is 6.22. The fraction of sp³-hybridized carbons (Fsp3) is 0.250. The molecule has 1 N–H and O–H groups in total. The molecule has 23 heavy (non-hydrogen) atoms. The number of hydrogen-bond acceptors (Lipinski definition) is 5. The van der Waals surface area contributed by atoms with Crippen LogP contribution in [0.1, 0.15) is 16.8 Å². The van der Waals surface area contributed by atoms with Crippen LogP contribution >= 0.6 is 11.3 Å². The molecule has 3 rings (SSSR count). The average molecular weight is 328 g/mol. The number of thiazole rings is 1. The number of para-hydroxylation sites is 2. The summed E-state index contributed by atoms with van der Waals surface area (Å²) in [6, 6.07) is 7.26. The molecule has 1 amide bonds. The molecule has 7 heteroatoms. The summed E-state index contributed by atoms with van der Waals surface area (Å²) in [7, 11) is 0. The van der Waals surface area contributed by atoms with Crippen molar-refractivity contribution in [3.05, 3.63) is 56.9 Å². The maximum Gasteiger partial charge on any atom is 0.269 e. The molecule has 0 aliphatic carbocycles. The smallest absolute Gasteiger partial charge is 0.269 e. The van der Waals surface area contributed by atoms with E-state index >= 15 is 0 Å². The minimum atomic E-state index is -0.290. The Labute approximate surface area is 136 Å². The zero-order valence-electron chi connectivity index (χ0n) is 12.7.